The number of hydrogen-bond donors (Lipinski definition) is 1. The maximum atomic E-state index is 12.7. The number of rotatable bonds is 3. The van der Waals surface area contributed by atoms with E-state index >= 15 is 0 Å². The molecule has 1 aliphatic heterocycles. The molecule has 2 atom stereocenters. The van der Waals surface area contributed by atoms with Crippen molar-refractivity contribution < 1.29 is 14.3 Å². The van der Waals surface area contributed by atoms with Gasteiger partial charge in [-0.15, -0.1) is 0 Å². The molecule has 24 heavy (non-hydrogen) atoms. The summed E-state index contributed by atoms with van der Waals surface area (Å²) in [5, 5.41) is 7.04. The van der Waals surface area contributed by atoms with Crippen molar-refractivity contribution in [1.29, 1.82) is 0 Å². The lowest BCUT2D eigenvalue weighted by molar-refractivity contribution is -0.160. The highest BCUT2D eigenvalue weighted by atomic mass is 16.5. The lowest BCUT2D eigenvalue weighted by atomic mass is 9.97. The standard InChI is InChI=1S/C17H20N4O3/c1-11-9-13(21(3)19-11)18-17(23)16-15(12-7-5-4-6-8-12)20(2)14(22)10-24-16/h4-9,15-16H,10H2,1-3H3,(H,18,23)/t15-,16+/m0/s1. The molecule has 1 fully saturated rings. The van der Waals surface area contributed by atoms with Gasteiger partial charge in [0.25, 0.3) is 5.91 Å². The molecule has 0 unspecified atom stereocenters. The molecule has 1 saturated heterocycles. The third-order valence-corrected chi connectivity index (χ3v) is 4.14. The summed E-state index contributed by atoms with van der Waals surface area (Å²) in [5.41, 5.74) is 1.67. The Kier molecular flexibility index (Phi) is 4.35. The molecule has 0 aliphatic carbocycles. The summed E-state index contributed by atoms with van der Waals surface area (Å²) in [5.74, 6) is 0.142. The van der Waals surface area contributed by atoms with E-state index in [0.29, 0.717) is 5.82 Å². The van der Waals surface area contributed by atoms with E-state index in [4.69, 9.17) is 4.74 Å². The fourth-order valence-corrected chi connectivity index (χ4v) is 2.90. The molecular formula is C17H20N4O3. The minimum atomic E-state index is -0.787. The van der Waals surface area contributed by atoms with E-state index in [1.807, 2.05) is 37.3 Å². The van der Waals surface area contributed by atoms with Gasteiger partial charge < -0.3 is 15.0 Å². The van der Waals surface area contributed by atoms with Crippen LogP contribution in [0.3, 0.4) is 0 Å². The number of amides is 2. The first-order valence-corrected chi connectivity index (χ1v) is 7.71. The topological polar surface area (TPSA) is 76.5 Å². The number of hydrogen-bond acceptors (Lipinski definition) is 4. The SMILES string of the molecule is Cc1cc(NC(=O)[C@@H]2OCC(=O)N(C)[C@H]2c2ccccc2)n(C)n1. The van der Waals surface area contributed by atoms with Crippen LogP contribution in [-0.2, 0) is 21.4 Å². The van der Waals surface area contributed by atoms with Gasteiger partial charge in [0.1, 0.15) is 12.4 Å². The Labute approximate surface area is 140 Å². The maximum absolute atomic E-state index is 12.7. The summed E-state index contributed by atoms with van der Waals surface area (Å²) in [6, 6.07) is 10.7. The summed E-state index contributed by atoms with van der Waals surface area (Å²) < 4.78 is 7.18. The second kappa shape index (κ2) is 6.45. The molecule has 0 spiro atoms. The first-order valence-electron chi connectivity index (χ1n) is 7.71. The number of ether oxygens (including phenoxy) is 1. The molecule has 1 aromatic heterocycles. The molecule has 1 aliphatic rings. The van der Waals surface area contributed by atoms with Gasteiger partial charge in [-0.3, -0.25) is 14.3 Å². The number of benzene rings is 1. The molecule has 126 valence electrons. The van der Waals surface area contributed by atoms with E-state index in [2.05, 4.69) is 10.4 Å². The van der Waals surface area contributed by atoms with Gasteiger partial charge in [-0.1, -0.05) is 30.3 Å². The number of nitrogens with one attached hydrogen (secondary N) is 1. The maximum Gasteiger partial charge on any atom is 0.257 e. The number of carbonyl (C=O) groups excluding carboxylic acids is 2. The van der Waals surface area contributed by atoms with Crippen molar-refractivity contribution in [1.82, 2.24) is 14.7 Å². The average Bonchev–Trinajstić information content (AvgIpc) is 2.88. The van der Waals surface area contributed by atoms with Gasteiger partial charge in [-0.05, 0) is 12.5 Å². The summed E-state index contributed by atoms with van der Waals surface area (Å²) in [4.78, 5) is 26.3. The van der Waals surface area contributed by atoms with Gasteiger partial charge in [-0.25, -0.2) is 0 Å². The number of anilines is 1. The number of likely N-dealkylation sites (N-methyl/N-ethyl adjacent to an activating group) is 1. The molecule has 3 rings (SSSR count). The number of nitrogens with zero attached hydrogens (tertiary/aromatic N) is 3. The van der Waals surface area contributed by atoms with Crippen LogP contribution in [0.4, 0.5) is 5.82 Å². The highest BCUT2D eigenvalue weighted by Crippen LogP contribution is 2.29. The number of carbonyl (C=O) groups is 2. The fraction of sp³-hybridized carbons (Fsp3) is 0.353. The predicted molar refractivity (Wildman–Crippen MR) is 88.3 cm³/mol. The second-order valence-electron chi connectivity index (χ2n) is 5.88. The molecular weight excluding hydrogens is 308 g/mol. The van der Waals surface area contributed by atoms with Gasteiger partial charge in [0.15, 0.2) is 6.10 Å². The van der Waals surface area contributed by atoms with Crippen molar-refractivity contribution in [3.8, 4) is 0 Å². The first-order chi connectivity index (χ1) is 11.5. The van der Waals surface area contributed by atoms with Crippen molar-refractivity contribution >= 4 is 17.6 Å². The third kappa shape index (κ3) is 3.03. The first kappa shape index (κ1) is 16.2. The second-order valence-corrected chi connectivity index (χ2v) is 5.88. The molecule has 2 aromatic rings. The normalized spacial score (nSPS) is 21.0. The summed E-state index contributed by atoms with van der Waals surface area (Å²) in [6.45, 7) is 1.74. The van der Waals surface area contributed by atoms with Crippen LogP contribution in [0.1, 0.15) is 17.3 Å². The Morgan fingerprint density at radius 2 is 2.00 bits per heavy atom. The van der Waals surface area contributed by atoms with Gasteiger partial charge in [0, 0.05) is 20.2 Å². The van der Waals surface area contributed by atoms with Gasteiger partial charge in [-0.2, -0.15) is 5.10 Å². The molecule has 0 saturated carbocycles. The summed E-state index contributed by atoms with van der Waals surface area (Å²) >= 11 is 0. The lowest BCUT2D eigenvalue weighted by Gasteiger charge is -2.38. The smallest absolute Gasteiger partial charge is 0.257 e. The zero-order valence-electron chi connectivity index (χ0n) is 13.9. The fourth-order valence-electron chi connectivity index (χ4n) is 2.90. The Morgan fingerprint density at radius 1 is 1.29 bits per heavy atom. The highest BCUT2D eigenvalue weighted by molar-refractivity contribution is 5.95. The highest BCUT2D eigenvalue weighted by Gasteiger charge is 2.40. The Morgan fingerprint density at radius 3 is 2.62 bits per heavy atom. The van der Waals surface area contributed by atoms with Crippen molar-refractivity contribution in [3.05, 3.63) is 47.7 Å². The molecule has 7 nitrogen and oxygen atoms in total. The van der Waals surface area contributed by atoms with Crippen molar-refractivity contribution in [2.45, 2.75) is 19.1 Å². The molecule has 0 radical (unpaired) electrons. The Bertz CT molecular complexity index is 756. The van der Waals surface area contributed by atoms with E-state index < -0.39 is 12.1 Å². The predicted octanol–water partition coefficient (Wildman–Crippen LogP) is 1.27. The Hall–Kier alpha value is -2.67. The Balaban J connectivity index is 1.87. The third-order valence-electron chi connectivity index (χ3n) is 4.14. The van der Waals surface area contributed by atoms with Crippen molar-refractivity contribution in [3.63, 3.8) is 0 Å². The quantitative estimate of drug-likeness (QED) is 0.920. The minimum absolute atomic E-state index is 0.109. The van der Waals surface area contributed by atoms with E-state index in [1.54, 1.807) is 29.7 Å². The van der Waals surface area contributed by atoms with Crippen LogP contribution in [-0.4, -0.2) is 46.3 Å². The minimum Gasteiger partial charge on any atom is -0.356 e. The largest absolute Gasteiger partial charge is 0.356 e. The van der Waals surface area contributed by atoms with Gasteiger partial charge in [0.05, 0.1) is 11.7 Å². The average molecular weight is 328 g/mol. The molecule has 0 bridgehead atoms. The van der Waals surface area contributed by atoms with Gasteiger partial charge in [0.2, 0.25) is 5.91 Å². The van der Waals surface area contributed by atoms with Gasteiger partial charge >= 0.3 is 0 Å². The zero-order chi connectivity index (χ0) is 17.3. The molecule has 2 amide bonds. The van der Waals surface area contributed by atoms with Crippen LogP contribution in [0.25, 0.3) is 0 Å². The molecule has 7 heteroatoms. The van der Waals surface area contributed by atoms with Crippen LogP contribution in [0, 0.1) is 6.92 Å². The van der Waals surface area contributed by atoms with Crippen LogP contribution in [0.5, 0.6) is 0 Å². The monoisotopic (exact) mass is 328 g/mol. The summed E-state index contributed by atoms with van der Waals surface area (Å²) in [7, 11) is 3.45. The number of morpholine rings is 1. The number of aromatic nitrogens is 2. The van der Waals surface area contributed by atoms with Crippen LogP contribution < -0.4 is 5.32 Å². The molecule has 1 N–H and O–H groups in total. The molecule has 1 aromatic carbocycles. The van der Waals surface area contributed by atoms with Crippen LogP contribution in [0.15, 0.2) is 36.4 Å². The zero-order valence-corrected chi connectivity index (χ0v) is 13.9. The van der Waals surface area contributed by atoms with E-state index in [1.165, 1.54) is 0 Å². The van der Waals surface area contributed by atoms with Crippen molar-refractivity contribution in [2.75, 3.05) is 19.0 Å². The van der Waals surface area contributed by atoms with E-state index in [-0.39, 0.29) is 18.4 Å². The lowest BCUT2D eigenvalue weighted by Crippen LogP contribution is -2.51. The summed E-state index contributed by atoms with van der Waals surface area (Å²) in [6.07, 6.45) is -0.787. The van der Waals surface area contributed by atoms with E-state index in [0.717, 1.165) is 11.3 Å². The van der Waals surface area contributed by atoms with Crippen LogP contribution >= 0.6 is 0 Å². The number of aryl methyl sites for hydroxylation is 2. The van der Waals surface area contributed by atoms with Crippen LogP contribution in [0.2, 0.25) is 0 Å². The van der Waals surface area contributed by atoms with E-state index in [9.17, 15) is 9.59 Å². The van der Waals surface area contributed by atoms with Crippen molar-refractivity contribution in [2.24, 2.45) is 7.05 Å². The molecule has 2 heterocycles.